The van der Waals surface area contributed by atoms with Crippen molar-refractivity contribution in [2.75, 3.05) is 25.0 Å². The standard InChI is InChI=1S/C31H35ClN4O3/c1-30(2,38)21-7-12-28-26(19-21)24(25-5-3-15-34-27(25)20-39-28)6-4-16-36-17-13-31(14-18-36,29(33)37)35-23-10-8-22(32)9-11-23/h3,5-12,15,19-20,34-35,38H,4,13-14,16-18H2,1-2H3,(H2,33,37). The maximum absolute atomic E-state index is 12.5. The molecule has 0 atom stereocenters. The average molecular weight is 547 g/mol. The maximum atomic E-state index is 12.5. The zero-order chi connectivity index (χ0) is 27.6. The molecule has 2 aromatic carbocycles. The van der Waals surface area contributed by atoms with Gasteiger partial charge in [-0.25, -0.2) is 0 Å². The number of hydrogen-bond acceptors (Lipinski definition) is 6. The second kappa shape index (κ2) is 10.9. The molecule has 0 aliphatic carbocycles. The molecule has 5 N–H and O–H groups in total. The number of piperidine rings is 1. The number of amides is 1. The topological polar surface area (TPSA) is 99.9 Å². The van der Waals surface area contributed by atoms with Gasteiger partial charge in [-0.2, -0.15) is 0 Å². The smallest absolute Gasteiger partial charge is 0.243 e. The summed E-state index contributed by atoms with van der Waals surface area (Å²) < 4.78 is 6.02. The number of likely N-dealkylation sites (tertiary alicyclic amines) is 1. The molecule has 3 aliphatic heterocycles. The van der Waals surface area contributed by atoms with Gasteiger partial charge in [0.05, 0.1) is 11.3 Å². The van der Waals surface area contributed by atoms with E-state index in [0.717, 1.165) is 65.5 Å². The molecule has 0 aromatic heterocycles. The number of nitrogens with one attached hydrogen (secondary N) is 2. The Balaban J connectivity index is 1.32. The molecule has 5 rings (SSSR count). The molecule has 39 heavy (non-hydrogen) atoms. The highest BCUT2D eigenvalue weighted by atomic mass is 35.5. The van der Waals surface area contributed by atoms with E-state index in [-0.39, 0.29) is 5.91 Å². The van der Waals surface area contributed by atoms with Crippen LogP contribution >= 0.6 is 11.6 Å². The van der Waals surface area contributed by atoms with E-state index in [9.17, 15) is 9.90 Å². The summed E-state index contributed by atoms with van der Waals surface area (Å²) in [7, 11) is 0. The van der Waals surface area contributed by atoms with Crippen molar-refractivity contribution in [1.82, 2.24) is 10.2 Å². The summed E-state index contributed by atoms with van der Waals surface area (Å²) in [6.45, 7) is 5.93. The summed E-state index contributed by atoms with van der Waals surface area (Å²) in [4.78, 5) is 14.9. The predicted molar refractivity (Wildman–Crippen MR) is 156 cm³/mol. The number of ether oxygens (including phenoxy) is 1. The number of aliphatic hydroxyl groups is 1. The van der Waals surface area contributed by atoms with Gasteiger partial charge in [0.2, 0.25) is 5.91 Å². The first-order valence-corrected chi connectivity index (χ1v) is 13.7. The number of rotatable bonds is 7. The molecule has 2 aromatic rings. The van der Waals surface area contributed by atoms with Gasteiger partial charge in [-0.05, 0) is 86.7 Å². The Hall–Kier alpha value is -3.52. The Morgan fingerprint density at radius 1 is 1.23 bits per heavy atom. The maximum Gasteiger partial charge on any atom is 0.243 e. The van der Waals surface area contributed by atoms with E-state index in [1.807, 2.05) is 42.6 Å². The lowest BCUT2D eigenvalue weighted by molar-refractivity contribution is -0.123. The lowest BCUT2D eigenvalue weighted by atomic mass is 9.86. The monoisotopic (exact) mass is 546 g/mol. The summed E-state index contributed by atoms with van der Waals surface area (Å²) in [5.74, 6) is 0.414. The molecule has 0 radical (unpaired) electrons. The number of nitrogens with zero attached hydrogens (tertiary/aromatic N) is 1. The van der Waals surface area contributed by atoms with Crippen LogP contribution in [0.3, 0.4) is 0 Å². The molecule has 3 aliphatic rings. The average Bonchev–Trinajstić information content (AvgIpc) is 3.07. The van der Waals surface area contributed by atoms with Crippen molar-refractivity contribution in [2.24, 2.45) is 5.73 Å². The van der Waals surface area contributed by atoms with Gasteiger partial charge < -0.3 is 31.1 Å². The Kier molecular flexibility index (Phi) is 7.58. The van der Waals surface area contributed by atoms with Crippen LogP contribution in [0.25, 0.3) is 5.57 Å². The summed E-state index contributed by atoms with van der Waals surface area (Å²) in [6, 6.07) is 13.2. The van der Waals surface area contributed by atoms with E-state index < -0.39 is 11.1 Å². The van der Waals surface area contributed by atoms with Crippen molar-refractivity contribution in [2.45, 2.75) is 44.2 Å². The van der Waals surface area contributed by atoms with Crippen LogP contribution in [-0.4, -0.2) is 41.1 Å². The van der Waals surface area contributed by atoms with E-state index >= 15 is 0 Å². The Morgan fingerprint density at radius 2 is 1.97 bits per heavy atom. The van der Waals surface area contributed by atoms with Crippen LogP contribution in [0.15, 0.2) is 84.4 Å². The summed E-state index contributed by atoms with van der Waals surface area (Å²) in [6.07, 6.45) is 12.0. The van der Waals surface area contributed by atoms with E-state index in [2.05, 4.69) is 27.7 Å². The SMILES string of the molecule is CC(C)(O)c1ccc2c(c1)C(=CCCN1CCC(Nc3ccc(Cl)cc3)(C(N)=O)CC1)C1=CC=CNC1=CO2. The van der Waals surface area contributed by atoms with E-state index in [0.29, 0.717) is 17.9 Å². The van der Waals surface area contributed by atoms with E-state index in [1.165, 1.54) is 0 Å². The van der Waals surface area contributed by atoms with Crippen molar-refractivity contribution < 1.29 is 14.6 Å². The van der Waals surface area contributed by atoms with Gasteiger partial charge in [0.15, 0.2) is 0 Å². The number of nitrogens with two attached hydrogens (primary N) is 1. The van der Waals surface area contributed by atoms with Crippen LogP contribution in [0.4, 0.5) is 5.69 Å². The van der Waals surface area contributed by atoms with Crippen LogP contribution < -0.4 is 21.1 Å². The predicted octanol–water partition coefficient (Wildman–Crippen LogP) is 5.05. The van der Waals surface area contributed by atoms with E-state index in [1.54, 1.807) is 32.2 Å². The van der Waals surface area contributed by atoms with Crippen molar-refractivity contribution in [1.29, 1.82) is 0 Å². The number of carbonyl (C=O) groups is 1. The number of anilines is 1. The zero-order valence-corrected chi connectivity index (χ0v) is 23.1. The van der Waals surface area contributed by atoms with Gasteiger partial charge in [-0.15, -0.1) is 0 Å². The van der Waals surface area contributed by atoms with Gasteiger partial charge in [-0.3, -0.25) is 4.79 Å². The molecular formula is C31H35ClN4O3. The van der Waals surface area contributed by atoms with Gasteiger partial charge >= 0.3 is 0 Å². The van der Waals surface area contributed by atoms with Crippen LogP contribution in [0.1, 0.15) is 44.2 Å². The molecule has 1 amide bonds. The van der Waals surface area contributed by atoms with Gasteiger partial charge in [0.25, 0.3) is 0 Å². The zero-order valence-electron chi connectivity index (χ0n) is 22.3. The molecule has 0 bridgehead atoms. The lowest BCUT2D eigenvalue weighted by Gasteiger charge is -2.40. The first-order valence-electron chi connectivity index (χ1n) is 13.3. The molecule has 3 heterocycles. The molecule has 7 nitrogen and oxygen atoms in total. The largest absolute Gasteiger partial charge is 0.462 e. The molecule has 8 heteroatoms. The second-order valence-electron chi connectivity index (χ2n) is 10.8. The highest BCUT2D eigenvalue weighted by Gasteiger charge is 2.39. The van der Waals surface area contributed by atoms with Crippen LogP contribution in [-0.2, 0) is 10.4 Å². The highest BCUT2D eigenvalue weighted by molar-refractivity contribution is 6.30. The summed E-state index contributed by atoms with van der Waals surface area (Å²) >= 11 is 6.02. The third-order valence-corrected chi connectivity index (χ3v) is 7.91. The number of hydrogen-bond donors (Lipinski definition) is 4. The summed E-state index contributed by atoms with van der Waals surface area (Å²) in [5.41, 5.74) is 9.73. The molecule has 0 spiro atoms. The van der Waals surface area contributed by atoms with E-state index in [4.69, 9.17) is 22.1 Å². The fraction of sp³-hybridized carbons (Fsp3) is 0.323. The highest BCUT2D eigenvalue weighted by Crippen LogP contribution is 2.40. The third-order valence-electron chi connectivity index (χ3n) is 7.66. The minimum Gasteiger partial charge on any atom is -0.462 e. The molecular weight excluding hydrogens is 512 g/mol. The van der Waals surface area contributed by atoms with Crippen molar-refractivity contribution in [3.63, 3.8) is 0 Å². The number of dihydropyridines is 1. The number of halogens is 1. The van der Waals surface area contributed by atoms with Crippen LogP contribution in [0.5, 0.6) is 5.75 Å². The lowest BCUT2D eigenvalue weighted by Crippen LogP contribution is -2.57. The van der Waals surface area contributed by atoms with Crippen molar-refractivity contribution >= 4 is 28.8 Å². The molecule has 1 saturated heterocycles. The molecule has 0 saturated carbocycles. The third kappa shape index (κ3) is 5.91. The molecule has 1 fully saturated rings. The minimum absolute atomic E-state index is 0.332. The first kappa shape index (κ1) is 27.1. The van der Waals surface area contributed by atoms with Crippen LogP contribution in [0, 0.1) is 0 Å². The van der Waals surface area contributed by atoms with Gasteiger partial charge in [0.1, 0.15) is 17.6 Å². The molecule has 204 valence electrons. The number of allylic oxidation sites excluding steroid dienone is 3. The van der Waals surface area contributed by atoms with Crippen molar-refractivity contribution in [3.05, 3.63) is 101 Å². The Bertz CT molecular complexity index is 1360. The second-order valence-corrected chi connectivity index (χ2v) is 11.3. The Morgan fingerprint density at radius 3 is 2.67 bits per heavy atom. The normalized spacial score (nSPS) is 19.5. The van der Waals surface area contributed by atoms with Gasteiger partial charge in [0, 0.05) is 47.7 Å². The fourth-order valence-corrected chi connectivity index (χ4v) is 5.41. The van der Waals surface area contributed by atoms with Crippen molar-refractivity contribution in [3.8, 4) is 5.75 Å². The minimum atomic E-state index is -0.970. The van der Waals surface area contributed by atoms with Gasteiger partial charge in [-0.1, -0.05) is 29.8 Å². The number of primary amides is 1. The Labute approximate surface area is 234 Å². The number of benzene rings is 2. The first-order chi connectivity index (χ1) is 18.6. The fourth-order valence-electron chi connectivity index (χ4n) is 5.29. The number of fused-ring (bicyclic) bond motifs is 2. The number of carbonyl (C=O) groups excluding carboxylic acids is 1. The summed E-state index contributed by atoms with van der Waals surface area (Å²) in [5, 5.41) is 18.0. The molecule has 0 unspecified atom stereocenters. The quantitative estimate of drug-likeness (QED) is 0.388. The van der Waals surface area contributed by atoms with Crippen LogP contribution in [0.2, 0.25) is 5.02 Å².